The first-order valence-electron chi connectivity index (χ1n) is 9.26. The Bertz CT molecular complexity index is 905. The van der Waals surface area contributed by atoms with Crippen LogP contribution in [0.4, 0.5) is 0 Å². The number of carbonyl (C=O) groups is 1. The highest BCUT2D eigenvalue weighted by Gasteiger charge is 2.21. The van der Waals surface area contributed by atoms with Crippen molar-refractivity contribution in [1.29, 1.82) is 0 Å². The van der Waals surface area contributed by atoms with Gasteiger partial charge in [0.05, 0.1) is 23.5 Å². The Morgan fingerprint density at radius 3 is 2.85 bits per heavy atom. The lowest BCUT2D eigenvalue weighted by Crippen LogP contribution is -2.36. The van der Waals surface area contributed by atoms with Crippen molar-refractivity contribution in [1.82, 2.24) is 19.9 Å². The first kappa shape index (κ1) is 16.8. The highest BCUT2D eigenvalue weighted by atomic mass is 16.3. The maximum Gasteiger partial charge on any atom is 0.253 e. The first-order chi connectivity index (χ1) is 12.6. The molecule has 1 saturated carbocycles. The average molecular weight is 352 g/mol. The van der Waals surface area contributed by atoms with Crippen molar-refractivity contribution in [3.63, 3.8) is 0 Å². The van der Waals surface area contributed by atoms with Gasteiger partial charge in [-0.15, -0.1) is 0 Å². The second-order valence-corrected chi connectivity index (χ2v) is 7.11. The molecule has 0 spiro atoms. The van der Waals surface area contributed by atoms with Crippen molar-refractivity contribution in [2.75, 3.05) is 0 Å². The van der Waals surface area contributed by atoms with Gasteiger partial charge in [0, 0.05) is 41.3 Å². The molecule has 1 atom stereocenters. The highest BCUT2D eigenvalue weighted by Crippen LogP contribution is 2.29. The number of hydrogen-bond acceptors (Lipinski definition) is 3. The largest absolute Gasteiger partial charge is 0.389 e. The monoisotopic (exact) mass is 352 g/mol. The predicted molar refractivity (Wildman–Crippen MR) is 100 cm³/mol. The van der Waals surface area contributed by atoms with Gasteiger partial charge in [0.1, 0.15) is 0 Å². The van der Waals surface area contributed by atoms with Gasteiger partial charge in [-0.3, -0.25) is 4.79 Å². The molecule has 6 heteroatoms. The summed E-state index contributed by atoms with van der Waals surface area (Å²) in [5.41, 5.74) is 3.00. The van der Waals surface area contributed by atoms with Crippen molar-refractivity contribution >= 4 is 16.8 Å². The number of benzene rings is 1. The molecule has 2 heterocycles. The molecule has 6 nitrogen and oxygen atoms in total. The number of hydrogen-bond donors (Lipinski definition) is 3. The number of imidazole rings is 1. The van der Waals surface area contributed by atoms with Gasteiger partial charge >= 0.3 is 0 Å². The van der Waals surface area contributed by atoms with Crippen molar-refractivity contribution in [3.8, 4) is 5.69 Å². The molecule has 3 aromatic rings. The Kier molecular flexibility index (Phi) is 4.51. The van der Waals surface area contributed by atoms with Crippen LogP contribution in [-0.2, 0) is 0 Å². The summed E-state index contributed by atoms with van der Waals surface area (Å²) in [4.78, 5) is 20.3. The van der Waals surface area contributed by atoms with E-state index >= 15 is 0 Å². The van der Waals surface area contributed by atoms with Gasteiger partial charge in [0.2, 0.25) is 0 Å². The van der Waals surface area contributed by atoms with E-state index < -0.39 is 6.10 Å². The zero-order chi connectivity index (χ0) is 18.1. The summed E-state index contributed by atoms with van der Waals surface area (Å²) in [6.45, 7) is 1.73. The molecular formula is C20H24N4O2. The molecule has 2 aromatic heterocycles. The fraction of sp³-hybridized carbons (Fsp3) is 0.400. The quantitative estimate of drug-likeness (QED) is 0.672. The van der Waals surface area contributed by atoms with E-state index in [0.29, 0.717) is 5.56 Å². The molecule has 1 aromatic carbocycles. The fourth-order valence-corrected chi connectivity index (χ4v) is 3.83. The number of H-pyrrole nitrogens is 1. The smallest absolute Gasteiger partial charge is 0.253 e. The van der Waals surface area contributed by atoms with Crippen LogP contribution in [0.15, 0.2) is 37.1 Å². The van der Waals surface area contributed by atoms with Crippen LogP contribution in [0.25, 0.3) is 16.6 Å². The molecule has 0 unspecified atom stereocenters. The van der Waals surface area contributed by atoms with E-state index in [4.69, 9.17) is 0 Å². The third-order valence-corrected chi connectivity index (χ3v) is 5.24. The number of nitrogens with one attached hydrogen (secondary N) is 2. The van der Waals surface area contributed by atoms with Crippen LogP contribution in [0.1, 0.15) is 61.1 Å². The van der Waals surface area contributed by atoms with Gasteiger partial charge in [-0.1, -0.05) is 19.3 Å². The Hall–Kier alpha value is -2.60. The second-order valence-electron chi connectivity index (χ2n) is 7.11. The molecule has 136 valence electrons. The number of rotatable bonds is 4. The molecular weight excluding hydrogens is 328 g/mol. The molecule has 4 rings (SSSR count). The van der Waals surface area contributed by atoms with Crippen LogP contribution in [-0.4, -0.2) is 31.6 Å². The Labute approximate surface area is 152 Å². The summed E-state index contributed by atoms with van der Waals surface area (Å²) in [7, 11) is 0. The molecule has 3 N–H and O–H groups in total. The Morgan fingerprint density at radius 1 is 1.35 bits per heavy atom. The highest BCUT2D eigenvalue weighted by molar-refractivity contribution is 6.07. The molecule has 26 heavy (non-hydrogen) atoms. The topological polar surface area (TPSA) is 82.9 Å². The number of aromatic amines is 1. The number of aliphatic hydroxyl groups excluding tert-OH is 1. The molecule has 1 amide bonds. The lowest BCUT2D eigenvalue weighted by molar-refractivity contribution is 0.0929. The number of aromatic nitrogens is 3. The van der Waals surface area contributed by atoms with Crippen LogP contribution in [0, 0.1) is 0 Å². The minimum atomic E-state index is -0.615. The van der Waals surface area contributed by atoms with Crippen molar-refractivity contribution in [3.05, 3.63) is 48.2 Å². The number of carbonyl (C=O) groups excluding carboxylic acids is 1. The van der Waals surface area contributed by atoms with Crippen LogP contribution in [0.5, 0.6) is 0 Å². The summed E-state index contributed by atoms with van der Waals surface area (Å²) in [5.74, 6) is -0.0668. The SMILES string of the molecule is C[C@H](O)c1c[nH]c2c(C(=O)NC3CCCCC3)cc(-n3ccnc3)cc12. The third kappa shape index (κ3) is 3.12. The molecule has 0 saturated heterocycles. The van der Waals surface area contributed by atoms with Crippen molar-refractivity contribution in [2.45, 2.75) is 51.2 Å². The molecule has 1 fully saturated rings. The molecule has 1 aliphatic carbocycles. The lowest BCUT2D eigenvalue weighted by atomic mass is 9.95. The van der Waals surface area contributed by atoms with E-state index in [1.54, 1.807) is 25.6 Å². The maximum atomic E-state index is 13.0. The Balaban J connectivity index is 1.77. The van der Waals surface area contributed by atoms with Crippen LogP contribution in [0.2, 0.25) is 0 Å². The predicted octanol–water partition coefficient (Wildman–Crippen LogP) is 3.47. The minimum absolute atomic E-state index is 0.0668. The average Bonchev–Trinajstić information content (AvgIpc) is 3.31. The van der Waals surface area contributed by atoms with Gasteiger partial charge < -0.3 is 20.0 Å². The lowest BCUT2D eigenvalue weighted by Gasteiger charge is -2.23. The standard InChI is InChI=1S/C20H24N4O2/c1-13(25)18-11-22-19-16(18)9-15(24-8-7-21-12-24)10-17(19)20(26)23-14-5-3-2-4-6-14/h7-14,22,25H,2-6H2,1H3,(H,23,26)/t13-/m0/s1. The van der Waals surface area contributed by atoms with E-state index in [-0.39, 0.29) is 11.9 Å². The number of fused-ring (bicyclic) bond motifs is 1. The Morgan fingerprint density at radius 2 is 2.15 bits per heavy atom. The van der Waals surface area contributed by atoms with E-state index in [9.17, 15) is 9.90 Å². The summed E-state index contributed by atoms with van der Waals surface area (Å²) < 4.78 is 1.87. The van der Waals surface area contributed by atoms with Crippen LogP contribution < -0.4 is 5.32 Å². The van der Waals surface area contributed by atoms with Gasteiger partial charge in [-0.25, -0.2) is 4.98 Å². The zero-order valence-electron chi connectivity index (χ0n) is 14.9. The molecule has 1 aliphatic rings. The molecule has 0 radical (unpaired) electrons. The summed E-state index contributed by atoms with van der Waals surface area (Å²) >= 11 is 0. The molecule has 0 aliphatic heterocycles. The number of aliphatic hydroxyl groups is 1. The number of amides is 1. The van der Waals surface area contributed by atoms with Gasteiger partial charge in [0.25, 0.3) is 5.91 Å². The van der Waals surface area contributed by atoms with E-state index in [2.05, 4.69) is 15.3 Å². The van der Waals surface area contributed by atoms with E-state index in [1.807, 2.05) is 22.9 Å². The van der Waals surface area contributed by atoms with Gasteiger partial charge in [-0.05, 0) is 31.9 Å². The fourth-order valence-electron chi connectivity index (χ4n) is 3.83. The maximum absolute atomic E-state index is 13.0. The van der Waals surface area contributed by atoms with Crippen molar-refractivity contribution in [2.24, 2.45) is 0 Å². The van der Waals surface area contributed by atoms with Crippen LogP contribution >= 0.6 is 0 Å². The molecule has 0 bridgehead atoms. The minimum Gasteiger partial charge on any atom is -0.389 e. The third-order valence-electron chi connectivity index (χ3n) is 5.24. The van der Waals surface area contributed by atoms with Gasteiger partial charge in [-0.2, -0.15) is 0 Å². The van der Waals surface area contributed by atoms with Crippen molar-refractivity contribution < 1.29 is 9.90 Å². The zero-order valence-corrected chi connectivity index (χ0v) is 14.9. The number of nitrogens with zero attached hydrogens (tertiary/aromatic N) is 2. The van der Waals surface area contributed by atoms with E-state index in [1.165, 1.54) is 19.3 Å². The van der Waals surface area contributed by atoms with Crippen LogP contribution in [0.3, 0.4) is 0 Å². The summed E-state index contributed by atoms with van der Waals surface area (Å²) in [6, 6.07) is 4.10. The van der Waals surface area contributed by atoms with E-state index in [0.717, 1.165) is 35.0 Å². The first-order valence-corrected chi connectivity index (χ1v) is 9.26. The normalized spacial score (nSPS) is 16.7. The van der Waals surface area contributed by atoms with Gasteiger partial charge in [0.15, 0.2) is 0 Å². The second kappa shape index (κ2) is 6.96. The summed E-state index contributed by atoms with van der Waals surface area (Å²) in [5, 5.41) is 14.1. The summed E-state index contributed by atoms with van der Waals surface area (Å²) in [6.07, 6.45) is 12.1.